The smallest absolute Gasteiger partial charge is 0.322 e. The van der Waals surface area contributed by atoms with Crippen molar-refractivity contribution < 1.29 is 24.2 Å². The summed E-state index contributed by atoms with van der Waals surface area (Å²) in [6.45, 7) is -0.961. The summed E-state index contributed by atoms with van der Waals surface area (Å²) in [6.07, 6.45) is 1.48. The number of carboxylic acid groups (broad SMARTS) is 1. The molecule has 0 saturated heterocycles. The fraction of sp³-hybridized carbons (Fsp3) is 0.273. The molecule has 2 heterocycles. The molecule has 2 amide bonds. The summed E-state index contributed by atoms with van der Waals surface area (Å²) in [7, 11) is 0. The van der Waals surface area contributed by atoms with Crippen molar-refractivity contribution in [3.05, 3.63) is 18.3 Å². The van der Waals surface area contributed by atoms with Crippen LogP contribution in [0.2, 0.25) is 0 Å². The first-order valence-electron chi connectivity index (χ1n) is 5.44. The van der Waals surface area contributed by atoms with Gasteiger partial charge in [-0.2, -0.15) is 0 Å². The largest absolute Gasteiger partial charge is 0.480 e. The lowest BCUT2D eigenvalue weighted by molar-refractivity contribution is -0.137. The van der Waals surface area contributed by atoms with Crippen molar-refractivity contribution >= 4 is 23.6 Å². The highest BCUT2D eigenvalue weighted by Gasteiger charge is 2.28. The molecule has 0 atom stereocenters. The van der Waals surface area contributed by atoms with Crippen LogP contribution in [0.15, 0.2) is 18.3 Å². The number of carbonyl (C=O) groups is 3. The van der Waals surface area contributed by atoms with Gasteiger partial charge >= 0.3 is 5.97 Å². The van der Waals surface area contributed by atoms with Crippen molar-refractivity contribution in [3.8, 4) is 5.75 Å². The van der Waals surface area contributed by atoms with Gasteiger partial charge in [-0.05, 0) is 12.1 Å². The molecule has 8 nitrogen and oxygen atoms in total. The van der Waals surface area contributed by atoms with E-state index in [4.69, 9.17) is 9.84 Å². The van der Waals surface area contributed by atoms with Gasteiger partial charge in [-0.15, -0.1) is 0 Å². The second kappa shape index (κ2) is 5.34. The zero-order chi connectivity index (χ0) is 13.8. The molecule has 0 fully saturated rings. The van der Waals surface area contributed by atoms with Crippen molar-refractivity contribution in [1.29, 1.82) is 0 Å². The van der Waals surface area contributed by atoms with Gasteiger partial charge < -0.3 is 15.2 Å². The molecule has 0 aliphatic carbocycles. The van der Waals surface area contributed by atoms with Gasteiger partial charge in [0.15, 0.2) is 18.2 Å². The highest BCUT2D eigenvalue weighted by Crippen LogP contribution is 2.28. The second-order valence-corrected chi connectivity index (χ2v) is 3.76. The topological polar surface area (TPSA) is 109 Å². The molecule has 2 N–H and O–H groups in total. The number of amides is 2. The Labute approximate surface area is 108 Å². The van der Waals surface area contributed by atoms with Crippen molar-refractivity contribution in [1.82, 2.24) is 10.3 Å². The molecule has 1 aliphatic rings. The molecule has 1 aromatic heterocycles. The molecule has 0 aromatic carbocycles. The number of hydrogen-bond donors (Lipinski definition) is 2. The lowest BCUT2D eigenvalue weighted by Crippen LogP contribution is -2.46. The zero-order valence-corrected chi connectivity index (χ0v) is 9.83. The number of nitrogens with zero attached hydrogens (tertiary/aromatic N) is 2. The third-order valence-electron chi connectivity index (χ3n) is 2.40. The molecule has 0 saturated carbocycles. The first kappa shape index (κ1) is 12.8. The third kappa shape index (κ3) is 2.97. The Morgan fingerprint density at radius 1 is 1.53 bits per heavy atom. The van der Waals surface area contributed by atoms with Crippen LogP contribution in [-0.2, 0) is 14.4 Å². The molecule has 100 valence electrons. The Morgan fingerprint density at radius 3 is 3.05 bits per heavy atom. The van der Waals surface area contributed by atoms with Crippen LogP contribution in [0.25, 0.3) is 0 Å². The Kier molecular flexibility index (Phi) is 3.60. The van der Waals surface area contributed by atoms with Crippen LogP contribution in [0.5, 0.6) is 5.75 Å². The van der Waals surface area contributed by atoms with Crippen LogP contribution in [0.1, 0.15) is 0 Å². The molecule has 1 aliphatic heterocycles. The number of nitrogens with one attached hydrogen (secondary N) is 1. The van der Waals surface area contributed by atoms with E-state index in [1.54, 1.807) is 12.1 Å². The average molecular weight is 265 g/mol. The summed E-state index contributed by atoms with van der Waals surface area (Å²) in [4.78, 5) is 38.7. The Balaban J connectivity index is 2.09. The highest BCUT2D eigenvalue weighted by atomic mass is 16.5. The Bertz CT molecular complexity index is 531. The number of anilines is 1. The van der Waals surface area contributed by atoms with Crippen molar-refractivity contribution in [2.75, 3.05) is 24.6 Å². The van der Waals surface area contributed by atoms with Crippen LogP contribution in [-0.4, -0.2) is 47.6 Å². The molecule has 1 aromatic rings. The lowest BCUT2D eigenvalue weighted by atomic mass is 10.3. The average Bonchev–Trinajstić information content (AvgIpc) is 2.40. The Hall–Kier alpha value is -2.64. The van der Waals surface area contributed by atoms with Crippen molar-refractivity contribution in [3.63, 3.8) is 0 Å². The van der Waals surface area contributed by atoms with Crippen LogP contribution < -0.4 is 15.0 Å². The van der Waals surface area contributed by atoms with Crippen LogP contribution in [0, 0.1) is 0 Å². The van der Waals surface area contributed by atoms with Crippen LogP contribution in [0.4, 0.5) is 5.82 Å². The molecule has 0 bridgehead atoms. The zero-order valence-electron chi connectivity index (χ0n) is 9.83. The van der Waals surface area contributed by atoms with Gasteiger partial charge in [0.2, 0.25) is 5.91 Å². The van der Waals surface area contributed by atoms with E-state index in [-0.39, 0.29) is 19.0 Å². The second-order valence-electron chi connectivity index (χ2n) is 3.76. The van der Waals surface area contributed by atoms with Crippen molar-refractivity contribution in [2.45, 2.75) is 0 Å². The minimum Gasteiger partial charge on any atom is -0.480 e. The van der Waals surface area contributed by atoms with Gasteiger partial charge in [0.1, 0.15) is 13.1 Å². The summed E-state index contributed by atoms with van der Waals surface area (Å²) in [5.74, 6) is -1.47. The van der Waals surface area contributed by atoms with Gasteiger partial charge in [0, 0.05) is 6.20 Å². The first-order valence-corrected chi connectivity index (χ1v) is 5.44. The van der Waals surface area contributed by atoms with Gasteiger partial charge in [0.25, 0.3) is 5.91 Å². The first-order chi connectivity index (χ1) is 9.08. The van der Waals surface area contributed by atoms with E-state index >= 15 is 0 Å². The Morgan fingerprint density at radius 2 is 2.32 bits per heavy atom. The van der Waals surface area contributed by atoms with Gasteiger partial charge in [-0.3, -0.25) is 19.3 Å². The lowest BCUT2D eigenvalue weighted by Gasteiger charge is -2.27. The third-order valence-corrected chi connectivity index (χ3v) is 2.40. The number of aliphatic carboxylic acids is 1. The number of fused-ring (bicyclic) bond motifs is 1. The fourth-order valence-corrected chi connectivity index (χ4v) is 1.57. The van der Waals surface area contributed by atoms with E-state index in [2.05, 4.69) is 10.3 Å². The SMILES string of the molecule is O=C(O)CNC(=O)CN1C(=O)COc2cccnc21. The number of pyridine rings is 1. The molecule has 0 radical (unpaired) electrons. The summed E-state index contributed by atoms with van der Waals surface area (Å²) in [5.41, 5.74) is 0. The van der Waals surface area contributed by atoms with Crippen LogP contribution in [0.3, 0.4) is 0 Å². The monoisotopic (exact) mass is 265 g/mol. The van der Waals surface area contributed by atoms with Gasteiger partial charge in [-0.25, -0.2) is 4.98 Å². The number of carbonyl (C=O) groups excluding carboxylic acids is 2. The maximum Gasteiger partial charge on any atom is 0.322 e. The van der Waals surface area contributed by atoms with Crippen LogP contribution >= 0.6 is 0 Å². The molecule has 0 unspecified atom stereocenters. The van der Waals surface area contributed by atoms with Gasteiger partial charge in [-0.1, -0.05) is 0 Å². The van der Waals surface area contributed by atoms with E-state index in [1.165, 1.54) is 6.20 Å². The number of rotatable bonds is 4. The summed E-state index contributed by atoms with van der Waals surface area (Å²) >= 11 is 0. The number of carboxylic acids is 1. The molecule has 19 heavy (non-hydrogen) atoms. The predicted molar refractivity (Wildman–Crippen MR) is 62.7 cm³/mol. The van der Waals surface area contributed by atoms with E-state index in [0.717, 1.165) is 4.90 Å². The predicted octanol–water partition coefficient (Wildman–Crippen LogP) is -0.992. The quantitative estimate of drug-likeness (QED) is 0.723. The van der Waals surface area contributed by atoms with E-state index in [9.17, 15) is 14.4 Å². The normalized spacial score (nSPS) is 13.5. The van der Waals surface area contributed by atoms with E-state index < -0.39 is 24.3 Å². The summed E-state index contributed by atoms with van der Waals surface area (Å²) in [5, 5.41) is 10.6. The molecule has 2 rings (SSSR count). The number of ether oxygens (including phenoxy) is 1. The maximum atomic E-state index is 11.7. The minimum atomic E-state index is -1.15. The fourth-order valence-electron chi connectivity index (χ4n) is 1.57. The molecular formula is C11H11N3O5. The standard InChI is InChI=1S/C11H11N3O5/c15-8(13-4-10(17)18)5-14-9(16)6-19-7-2-1-3-12-11(7)14/h1-3H,4-6H2,(H,13,15)(H,17,18). The number of hydrogen-bond acceptors (Lipinski definition) is 5. The molecule has 8 heteroatoms. The maximum absolute atomic E-state index is 11.7. The van der Waals surface area contributed by atoms with E-state index in [0.29, 0.717) is 5.75 Å². The molecular weight excluding hydrogens is 254 g/mol. The summed E-state index contributed by atoms with van der Waals surface area (Å²) < 4.78 is 5.17. The minimum absolute atomic E-state index is 0.176. The number of aromatic nitrogens is 1. The van der Waals surface area contributed by atoms with Crippen molar-refractivity contribution in [2.24, 2.45) is 0 Å². The summed E-state index contributed by atoms with van der Waals surface area (Å²) in [6, 6.07) is 3.29. The highest BCUT2D eigenvalue weighted by molar-refractivity contribution is 6.01. The van der Waals surface area contributed by atoms with Gasteiger partial charge in [0.05, 0.1) is 0 Å². The van der Waals surface area contributed by atoms with E-state index in [1.807, 2.05) is 0 Å². The molecule has 0 spiro atoms.